The molecule has 206 valence electrons. The van der Waals surface area contributed by atoms with Crippen LogP contribution in [0.1, 0.15) is 59.7 Å². The molecule has 4 aromatic rings. The van der Waals surface area contributed by atoms with Crippen LogP contribution in [0.3, 0.4) is 0 Å². The van der Waals surface area contributed by atoms with Gasteiger partial charge in [-0.3, -0.25) is 0 Å². The van der Waals surface area contributed by atoms with Gasteiger partial charge in [-0.1, -0.05) is 41.6 Å². The smallest absolute Gasteiger partial charge is 0.349 e. The highest BCUT2D eigenvalue weighted by Crippen LogP contribution is 2.37. The van der Waals surface area contributed by atoms with Crippen LogP contribution in [0.5, 0.6) is 0 Å². The van der Waals surface area contributed by atoms with Gasteiger partial charge in [0, 0.05) is 18.0 Å². The molecule has 8 nitrogen and oxygen atoms in total. The Balaban J connectivity index is 1.01. The number of carbonyl (C=O) groups excluding carboxylic acids is 1. The van der Waals surface area contributed by atoms with Gasteiger partial charge in [-0.25, -0.2) is 4.79 Å². The molecule has 0 unspecified atom stereocenters. The van der Waals surface area contributed by atoms with E-state index >= 15 is 0 Å². The molecule has 1 aromatic carbocycles. The predicted octanol–water partition coefficient (Wildman–Crippen LogP) is 5.05. The highest BCUT2D eigenvalue weighted by Gasteiger charge is 2.45. The molecule has 0 aliphatic heterocycles. The maximum Gasteiger partial charge on any atom is 0.349 e. The summed E-state index contributed by atoms with van der Waals surface area (Å²) >= 11 is 2.71. The average Bonchev–Trinajstić information content (AvgIpc) is 3.77. The Hall–Kier alpha value is -2.89. The van der Waals surface area contributed by atoms with E-state index in [0.717, 1.165) is 62.6 Å². The predicted molar refractivity (Wildman–Crippen MR) is 150 cm³/mol. The van der Waals surface area contributed by atoms with Gasteiger partial charge < -0.3 is 24.8 Å². The second-order valence-corrected chi connectivity index (χ2v) is 11.7. The molecule has 0 amide bonds. The number of hydrogen-bond acceptors (Lipinski definition) is 10. The van der Waals surface area contributed by atoms with Crippen molar-refractivity contribution in [3.8, 4) is 11.4 Å². The largest absolute Gasteiger partial charge is 0.460 e. The molecule has 0 saturated heterocycles. The molecular weight excluding hydrogens is 534 g/mol. The van der Waals surface area contributed by atoms with Gasteiger partial charge in [-0.15, -0.1) is 22.7 Å². The van der Waals surface area contributed by atoms with Crippen LogP contribution in [0.25, 0.3) is 11.4 Å². The molecule has 3 aromatic heterocycles. The van der Waals surface area contributed by atoms with Gasteiger partial charge in [0.15, 0.2) is 0 Å². The third-order valence-electron chi connectivity index (χ3n) is 7.11. The summed E-state index contributed by atoms with van der Waals surface area (Å²) in [6.45, 7) is 0.909. The van der Waals surface area contributed by atoms with E-state index < -0.39 is 11.6 Å². The number of aliphatic hydroxyl groups is 2. The summed E-state index contributed by atoms with van der Waals surface area (Å²) < 4.78 is 11.2. The van der Waals surface area contributed by atoms with Crippen LogP contribution in [-0.4, -0.2) is 45.0 Å². The van der Waals surface area contributed by atoms with Crippen LogP contribution in [0.2, 0.25) is 0 Å². The van der Waals surface area contributed by atoms with Gasteiger partial charge in [-0.05, 0) is 73.5 Å². The van der Waals surface area contributed by atoms with Crippen molar-refractivity contribution in [2.75, 3.05) is 6.54 Å². The number of aryl methyl sites for hydroxylation is 1. The molecule has 0 spiro atoms. The first-order chi connectivity index (χ1) is 19.1. The lowest BCUT2D eigenvalue weighted by Gasteiger charge is -2.32. The van der Waals surface area contributed by atoms with Crippen molar-refractivity contribution >= 4 is 28.6 Å². The van der Waals surface area contributed by atoms with E-state index in [1.807, 2.05) is 47.2 Å². The number of aliphatic hydroxyl groups excluding tert-OH is 1. The van der Waals surface area contributed by atoms with Gasteiger partial charge >= 0.3 is 5.97 Å². The standard InChI is InChI=1S/C29H33N3O5S2/c33-19-20-8-10-21(11-9-20)27-31-26(37-32-27)7-1-2-16-30-22-12-14-23(15-13-22)36-28(34)29(35,24-5-3-17-38-24)25-6-4-18-39-25/h3-6,8-11,17-18,22-23,30,33,35H,1-2,7,12-16,19H2. The molecule has 0 bridgehead atoms. The maximum atomic E-state index is 13.2. The Morgan fingerprint density at radius 3 is 2.33 bits per heavy atom. The van der Waals surface area contributed by atoms with Crippen LogP contribution in [0.4, 0.5) is 0 Å². The molecule has 0 radical (unpaired) electrons. The van der Waals surface area contributed by atoms with Crippen LogP contribution >= 0.6 is 22.7 Å². The zero-order valence-electron chi connectivity index (χ0n) is 21.6. The molecular formula is C29H33N3O5S2. The SMILES string of the molecule is O=C(OC1CCC(NCCCCc2nc(-c3ccc(CO)cc3)no2)CC1)C(O)(c1cccs1)c1cccs1. The summed E-state index contributed by atoms with van der Waals surface area (Å²) in [6, 6.07) is 15.1. The number of unbranched alkanes of at least 4 members (excludes halogenated alkanes) is 1. The van der Waals surface area contributed by atoms with Gasteiger partial charge in [0.1, 0.15) is 6.10 Å². The fraction of sp³-hybridized carbons (Fsp3) is 0.414. The molecule has 0 atom stereocenters. The molecule has 10 heteroatoms. The van der Waals surface area contributed by atoms with Gasteiger partial charge in [-0.2, -0.15) is 4.98 Å². The first-order valence-corrected chi connectivity index (χ1v) is 15.1. The fourth-order valence-corrected chi connectivity index (χ4v) is 6.57. The minimum absolute atomic E-state index is 0.0109. The summed E-state index contributed by atoms with van der Waals surface area (Å²) in [6.07, 6.45) is 5.88. The van der Waals surface area contributed by atoms with Crippen molar-refractivity contribution in [2.24, 2.45) is 0 Å². The van der Waals surface area contributed by atoms with Crippen LogP contribution in [0, 0.1) is 0 Å². The lowest BCUT2D eigenvalue weighted by molar-refractivity contribution is -0.169. The number of esters is 1. The zero-order chi connectivity index (χ0) is 27.1. The molecule has 1 fully saturated rings. The van der Waals surface area contributed by atoms with Crippen LogP contribution < -0.4 is 5.32 Å². The third kappa shape index (κ3) is 6.64. The molecule has 1 aliphatic carbocycles. The first-order valence-electron chi connectivity index (χ1n) is 13.3. The number of carbonyl (C=O) groups is 1. The highest BCUT2D eigenvalue weighted by molar-refractivity contribution is 7.12. The van der Waals surface area contributed by atoms with E-state index in [-0.39, 0.29) is 12.7 Å². The van der Waals surface area contributed by atoms with Gasteiger partial charge in [0.05, 0.1) is 16.4 Å². The Morgan fingerprint density at radius 1 is 1.03 bits per heavy atom. The Labute approximate surface area is 235 Å². The fourth-order valence-electron chi connectivity index (χ4n) is 4.85. The minimum atomic E-state index is -1.75. The molecule has 3 N–H and O–H groups in total. The normalized spacial score (nSPS) is 17.8. The number of aromatic nitrogens is 2. The number of rotatable bonds is 12. The second kappa shape index (κ2) is 13.0. The monoisotopic (exact) mass is 567 g/mol. The van der Waals surface area contributed by atoms with Crippen molar-refractivity contribution in [3.05, 3.63) is 80.5 Å². The van der Waals surface area contributed by atoms with E-state index in [2.05, 4.69) is 15.5 Å². The summed E-state index contributed by atoms with van der Waals surface area (Å²) in [5.41, 5.74) is -0.0333. The van der Waals surface area contributed by atoms with Gasteiger partial charge in [0.2, 0.25) is 17.3 Å². The van der Waals surface area contributed by atoms with E-state index in [0.29, 0.717) is 27.5 Å². The van der Waals surface area contributed by atoms with Gasteiger partial charge in [0.25, 0.3) is 0 Å². The van der Waals surface area contributed by atoms with Crippen molar-refractivity contribution in [1.82, 2.24) is 15.5 Å². The molecule has 39 heavy (non-hydrogen) atoms. The van der Waals surface area contributed by atoms with Crippen molar-refractivity contribution in [2.45, 2.75) is 69.3 Å². The number of nitrogens with zero attached hydrogens (tertiary/aromatic N) is 2. The summed E-state index contributed by atoms with van der Waals surface area (Å²) in [7, 11) is 0. The molecule has 1 aliphatic rings. The second-order valence-electron chi connectivity index (χ2n) is 9.82. The third-order valence-corrected chi connectivity index (χ3v) is 9.07. The summed E-state index contributed by atoms with van der Waals surface area (Å²) in [5.74, 6) is 0.605. The zero-order valence-corrected chi connectivity index (χ0v) is 23.3. The van der Waals surface area contributed by atoms with Crippen molar-refractivity contribution in [1.29, 1.82) is 0 Å². The Morgan fingerprint density at radius 2 is 1.72 bits per heavy atom. The van der Waals surface area contributed by atoms with Crippen LogP contribution in [-0.2, 0) is 28.2 Å². The Kier molecular flexibility index (Phi) is 9.21. The minimum Gasteiger partial charge on any atom is -0.460 e. The molecule has 1 saturated carbocycles. The molecule has 5 rings (SSSR count). The average molecular weight is 568 g/mol. The molecule has 3 heterocycles. The number of thiophene rings is 2. The van der Waals surface area contributed by atoms with E-state index in [4.69, 9.17) is 9.26 Å². The summed E-state index contributed by atoms with van der Waals surface area (Å²) in [4.78, 5) is 18.8. The number of hydrogen-bond donors (Lipinski definition) is 3. The quantitative estimate of drug-likeness (QED) is 0.161. The van der Waals surface area contributed by atoms with E-state index in [1.165, 1.54) is 22.7 Å². The summed E-state index contributed by atoms with van der Waals surface area (Å²) in [5, 5.41) is 32.0. The topological polar surface area (TPSA) is 118 Å². The lowest BCUT2D eigenvalue weighted by Crippen LogP contribution is -2.41. The lowest BCUT2D eigenvalue weighted by atomic mass is 9.92. The van der Waals surface area contributed by atoms with E-state index in [9.17, 15) is 15.0 Å². The van der Waals surface area contributed by atoms with Crippen molar-refractivity contribution in [3.63, 3.8) is 0 Å². The van der Waals surface area contributed by atoms with Crippen molar-refractivity contribution < 1.29 is 24.3 Å². The number of ether oxygens (including phenoxy) is 1. The Bertz CT molecular complexity index is 1260. The highest BCUT2D eigenvalue weighted by atomic mass is 32.1. The van der Waals surface area contributed by atoms with E-state index in [1.54, 1.807) is 12.1 Å². The number of nitrogens with one attached hydrogen (secondary N) is 1. The van der Waals surface area contributed by atoms with Crippen LogP contribution in [0.15, 0.2) is 63.8 Å². The first kappa shape index (κ1) is 27.7. The number of benzene rings is 1. The maximum absolute atomic E-state index is 13.2.